The first-order valence-electron chi connectivity index (χ1n) is 20.3. The molecule has 4 heterocycles. The van der Waals surface area contributed by atoms with Crippen molar-refractivity contribution in [1.29, 1.82) is 0 Å². The monoisotopic (exact) mass is 797 g/mol. The molecule has 6 heteroatoms. The molecule has 0 saturated carbocycles. The molecule has 61 heavy (non-hydrogen) atoms. The highest BCUT2D eigenvalue weighted by atomic mass is 32.1. The van der Waals surface area contributed by atoms with E-state index in [9.17, 15) is 0 Å². The Morgan fingerprint density at radius 1 is 0.311 bits per heavy atom. The molecule has 13 rings (SSSR count). The standard InChI is InChI=1S/C55H31N3O2S/c1-2-12-33(13-3-1)53-56-54(37-24-23-32-11-4-5-14-34(32)29-37)58-55(57-53)42-18-10-19-45-50(42)43-30-35(26-28-44(43)59-45)38-16-8-20-46-51(38)52-39(17-9-21-47(52)60-46)36-25-27-41-40-15-6-7-22-48(40)61-49(41)31-36/h1-31H. The molecule has 0 fully saturated rings. The van der Waals surface area contributed by atoms with Crippen molar-refractivity contribution in [3.8, 4) is 56.4 Å². The maximum Gasteiger partial charge on any atom is 0.164 e. The molecule has 0 saturated heterocycles. The summed E-state index contributed by atoms with van der Waals surface area (Å²) in [6, 6.07) is 65.6. The highest BCUT2D eigenvalue weighted by Gasteiger charge is 2.21. The number of rotatable bonds is 5. The first kappa shape index (κ1) is 34.0. The number of thiophene rings is 1. The van der Waals surface area contributed by atoms with E-state index in [0.717, 1.165) is 82.6 Å². The van der Waals surface area contributed by atoms with Crippen LogP contribution in [0.4, 0.5) is 0 Å². The Morgan fingerprint density at radius 2 is 0.902 bits per heavy atom. The van der Waals surface area contributed by atoms with Crippen LogP contribution in [-0.4, -0.2) is 15.0 Å². The van der Waals surface area contributed by atoms with Crippen molar-refractivity contribution in [2.75, 3.05) is 0 Å². The predicted molar refractivity (Wildman–Crippen MR) is 252 cm³/mol. The van der Waals surface area contributed by atoms with Crippen molar-refractivity contribution in [2.24, 2.45) is 0 Å². The van der Waals surface area contributed by atoms with Crippen LogP contribution >= 0.6 is 11.3 Å². The largest absolute Gasteiger partial charge is 0.456 e. The fraction of sp³-hybridized carbons (Fsp3) is 0. The number of hydrogen-bond acceptors (Lipinski definition) is 6. The smallest absolute Gasteiger partial charge is 0.164 e. The third-order valence-corrected chi connectivity index (χ3v) is 13.1. The maximum atomic E-state index is 6.61. The van der Waals surface area contributed by atoms with Gasteiger partial charge < -0.3 is 8.83 Å². The van der Waals surface area contributed by atoms with E-state index >= 15 is 0 Å². The van der Waals surface area contributed by atoms with E-state index < -0.39 is 0 Å². The van der Waals surface area contributed by atoms with Gasteiger partial charge >= 0.3 is 0 Å². The highest BCUT2D eigenvalue weighted by molar-refractivity contribution is 7.25. The van der Waals surface area contributed by atoms with Gasteiger partial charge in [-0.2, -0.15) is 0 Å². The van der Waals surface area contributed by atoms with Gasteiger partial charge in [0.1, 0.15) is 22.3 Å². The molecule has 0 bridgehead atoms. The lowest BCUT2D eigenvalue weighted by molar-refractivity contribution is 0.669. The molecule has 0 unspecified atom stereocenters. The molecule has 0 aliphatic heterocycles. The number of aromatic nitrogens is 3. The van der Waals surface area contributed by atoms with Gasteiger partial charge in [-0.1, -0.05) is 140 Å². The van der Waals surface area contributed by atoms with Crippen LogP contribution in [0.25, 0.3) is 131 Å². The molecule has 0 N–H and O–H groups in total. The number of furan rings is 2. The van der Waals surface area contributed by atoms with Crippen molar-refractivity contribution in [3.63, 3.8) is 0 Å². The average molecular weight is 798 g/mol. The second-order valence-corrected chi connectivity index (χ2v) is 16.6. The zero-order chi connectivity index (χ0) is 40.0. The summed E-state index contributed by atoms with van der Waals surface area (Å²) in [6.07, 6.45) is 0. The number of benzene rings is 9. The zero-order valence-electron chi connectivity index (χ0n) is 32.5. The number of nitrogens with zero attached hydrogens (tertiary/aromatic N) is 3. The predicted octanol–water partition coefficient (Wildman–Crippen LogP) is 15.5. The topological polar surface area (TPSA) is 65.0 Å². The quantitative estimate of drug-likeness (QED) is 0.174. The minimum Gasteiger partial charge on any atom is -0.456 e. The van der Waals surface area contributed by atoms with Gasteiger partial charge in [0.25, 0.3) is 0 Å². The summed E-state index contributed by atoms with van der Waals surface area (Å²) in [5.74, 6) is 1.81. The Hall–Kier alpha value is -7.93. The Kier molecular flexibility index (Phi) is 7.41. The molecule has 0 spiro atoms. The first-order chi connectivity index (χ1) is 30.2. The minimum absolute atomic E-state index is 0.582. The lowest BCUT2D eigenvalue weighted by atomic mass is 9.93. The molecule has 0 radical (unpaired) electrons. The van der Waals surface area contributed by atoms with Gasteiger partial charge in [0.2, 0.25) is 0 Å². The fourth-order valence-corrected chi connectivity index (χ4v) is 10.2. The van der Waals surface area contributed by atoms with Gasteiger partial charge in [-0.3, -0.25) is 0 Å². The third-order valence-electron chi connectivity index (χ3n) is 11.9. The summed E-state index contributed by atoms with van der Waals surface area (Å²) in [6.45, 7) is 0. The van der Waals surface area contributed by atoms with Crippen molar-refractivity contribution in [3.05, 3.63) is 188 Å². The summed E-state index contributed by atoms with van der Waals surface area (Å²) in [5, 5.41) is 9.00. The summed E-state index contributed by atoms with van der Waals surface area (Å²) < 4.78 is 15.8. The Labute approximate surface area is 352 Å². The van der Waals surface area contributed by atoms with Crippen LogP contribution in [0.1, 0.15) is 0 Å². The molecule has 9 aromatic carbocycles. The van der Waals surface area contributed by atoms with Crippen molar-refractivity contribution >= 4 is 86.2 Å². The second-order valence-electron chi connectivity index (χ2n) is 15.5. The van der Waals surface area contributed by atoms with E-state index in [-0.39, 0.29) is 0 Å². The van der Waals surface area contributed by atoms with Crippen LogP contribution in [-0.2, 0) is 0 Å². The molecular weight excluding hydrogens is 767 g/mol. The van der Waals surface area contributed by atoms with Crippen LogP contribution < -0.4 is 0 Å². The van der Waals surface area contributed by atoms with Crippen molar-refractivity contribution in [2.45, 2.75) is 0 Å². The zero-order valence-corrected chi connectivity index (χ0v) is 33.3. The first-order valence-corrected chi connectivity index (χ1v) is 21.1. The summed E-state index contributed by atoms with van der Waals surface area (Å²) in [7, 11) is 0. The van der Waals surface area contributed by atoms with Crippen LogP contribution in [0.3, 0.4) is 0 Å². The van der Waals surface area contributed by atoms with E-state index in [2.05, 4.69) is 146 Å². The van der Waals surface area contributed by atoms with Gasteiger partial charge in [-0.05, 0) is 81.6 Å². The normalized spacial score (nSPS) is 11.9. The molecule has 0 aliphatic carbocycles. The van der Waals surface area contributed by atoms with E-state index in [1.165, 1.54) is 31.1 Å². The second kappa shape index (κ2) is 13.3. The summed E-state index contributed by atoms with van der Waals surface area (Å²) in [4.78, 5) is 15.4. The van der Waals surface area contributed by atoms with E-state index in [0.29, 0.717) is 17.5 Å². The number of fused-ring (bicyclic) bond motifs is 10. The molecule has 4 aromatic heterocycles. The highest BCUT2D eigenvalue weighted by Crippen LogP contribution is 2.45. The third kappa shape index (κ3) is 5.43. The Morgan fingerprint density at radius 3 is 1.70 bits per heavy atom. The molecule has 0 aliphatic rings. The van der Waals surface area contributed by atoms with Gasteiger partial charge in [-0.15, -0.1) is 11.3 Å². The lowest BCUT2D eigenvalue weighted by Crippen LogP contribution is -2.00. The van der Waals surface area contributed by atoms with Crippen LogP contribution in [0.15, 0.2) is 197 Å². The Bertz CT molecular complexity index is 3900. The molecular formula is C55H31N3O2S. The van der Waals surface area contributed by atoms with Crippen LogP contribution in [0.2, 0.25) is 0 Å². The maximum absolute atomic E-state index is 6.61. The summed E-state index contributed by atoms with van der Waals surface area (Å²) >= 11 is 1.84. The minimum atomic E-state index is 0.582. The van der Waals surface area contributed by atoms with E-state index in [1.807, 2.05) is 53.8 Å². The van der Waals surface area contributed by atoms with Gasteiger partial charge in [0.05, 0.1) is 0 Å². The fourth-order valence-electron chi connectivity index (χ4n) is 9.09. The Balaban J connectivity index is 1.00. The van der Waals surface area contributed by atoms with Gasteiger partial charge in [0.15, 0.2) is 17.5 Å². The molecule has 5 nitrogen and oxygen atoms in total. The van der Waals surface area contributed by atoms with Crippen LogP contribution in [0, 0.1) is 0 Å². The lowest BCUT2D eigenvalue weighted by Gasteiger charge is -2.10. The average Bonchev–Trinajstić information content (AvgIpc) is 4.02. The number of hydrogen-bond donors (Lipinski definition) is 0. The van der Waals surface area contributed by atoms with E-state index in [4.69, 9.17) is 23.8 Å². The van der Waals surface area contributed by atoms with Crippen molar-refractivity contribution < 1.29 is 8.83 Å². The molecule has 0 amide bonds. The van der Waals surface area contributed by atoms with Crippen molar-refractivity contribution in [1.82, 2.24) is 15.0 Å². The van der Waals surface area contributed by atoms with E-state index in [1.54, 1.807) is 0 Å². The molecule has 284 valence electrons. The van der Waals surface area contributed by atoms with Gasteiger partial charge in [-0.25, -0.2) is 15.0 Å². The van der Waals surface area contributed by atoms with Gasteiger partial charge in [0, 0.05) is 58.4 Å². The molecule has 0 atom stereocenters. The summed E-state index contributed by atoms with van der Waals surface area (Å²) in [5.41, 5.74) is 10.4. The SMILES string of the molecule is c1ccc(-c2nc(-c3ccc4ccccc4c3)nc(-c3cccc4oc5ccc(-c6cccc7oc8cccc(-c9ccc%10c(c9)sc9ccccc9%10)c8c67)cc5c34)n2)cc1. The van der Waals surface area contributed by atoms with Crippen LogP contribution in [0.5, 0.6) is 0 Å². The molecule has 13 aromatic rings.